The van der Waals surface area contributed by atoms with Gasteiger partial charge in [-0.15, -0.1) is 0 Å². The number of rotatable bonds is 31. The molecule has 2 aromatic carbocycles. The van der Waals surface area contributed by atoms with E-state index in [0.717, 1.165) is 77.0 Å². The number of carbonyl (C=O) groups is 4. The minimum absolute atomic E-state index is 0.123. The lowest BCUT2D eigenvalue weighted by Crippen LogP contribution is -2.33. The van der Waals surface area contributed by atoms with E-state index in [4.69, 9.17) is 9.47 Å². The minimum Gasteiger partial charge on any atom is -0.493 e. The van der Waals surface area contributed by atoms with Gasteiger partial charge >= 0.3 is 0 Å². The molecule has 0 aliphatic heterocycles. The molecule has 0 saturated heterocycles. The average molecular weight is 765 g/mol. The molecule has 0 heterocycles. The molecule has 10 nitrogen and oxygen atoms in total. The molecule has 0 bridgehead atoms. The quantitative estimate of drug-likeness (QED) is 0.0565. The lowest BCUT2D eigenvalue weighted by Gasteiger charge is -2.17. The average Bonchev–Trinajstić information content (AvgIpc) is 3.19. The van der Waals surface area contributed by atoms with Crippen molar-refractivity contribution in [2.75, 3.05) is 36.9 Å². The van der Waals surface area contributed by atoms with Crippen molar-refractivity contribution in [3.8, 4) is 11.5 Å². The van der Waals surface area contributed by atoms with Crippen LogP contribution >= 0.6 is 0 Å². The first-order valence-electron chi connectivity index (χ1n) is 21.5. The first kappa shape index (κ1) is 47.1. The Labute approximate surface area is 332 Å². The van der Waals surface area contributed by atoms with Gasteiger partial charge in [-0.1, -0.05) is 125 Å². The van der Waals surface area contributed by atoms with Gasteiger partial charge in [-0.2, -0.15) is 0 Å². The van der Waals surface area contributed by atoms with E-state index < -0.39 is 11.8 Å². The van der Waals surface area contributed by atoms with Crippen molar-refractivity contribution in [1.29, 1.82) is 0 Å². The van der Waals surface area contributed by atoms with Gasteiger partial charge in [-0.25, -0.2) is 0 Å². The van der Waals surface area contributed by atoms with E-state index in [0.29, 0.717) is 60.5 Å². The summed E-state index contributed by atoms with van der Waals surface area (Å²) < 4.78 is 12.1. The molecule has 0 aliphatic carbocycles. The van der Waals surface area contributed by atoms with Gasteiger partial charge in [-0.05, 0) is 68.0 Å². The zero-order valence-electron chi connectivity index (χ0n) is 34.8. The van der Waals surface area contributed by atoms with E-state index in [-0.39, 0.29) is 23.9 Å². The molecule has 0 radical (unpaired) electrons. The molecule has 0 aromatic heterocycles. The zero-order valence-corrected chi connectivity index (χ0v) is 34.8. The zero-order chi connectivity index (χ0) is 40.1. The second-order valence-corrected chi connectivity index (χ2v) is 14.7. The van der Waals surface area contributed by atoms with E-state index in [1.54, 1.807) is 36.4 Å². The molecule has 55 heavy (non-hydrogen) atoms. The smallest absolute Gasteiger partial charge is 0.255 e. The van der Waals surface area contributed by atoms with Crippen LogP contribution in [-0.2, 0) is 9.59 Å². The predicted octanol–water partition coefficient (Wildman–Crippen LogP) is 10.6. The van der Waals surface area contributed by atoms with Crippen LogP contribution in [-0.4, -0.2) is 49.9 Å². The molecular formula is C45H72N4O6. The summed E-state index contributed by atoms with van der Waals surface area (Å²) in [5.74, 6) is -0.0504. The van der Waals surface area contributed by atoms with Crippen LogP contribution in [0.1, 0.15) is 177 Å². The third-order valence-corrected chi connectivity index (χ3v) is 9.79. The minimum atomic E-state index is -0.496. The Bertz CT molecular complexity index is 1410. The van der Waals surface area contributed by atoms with Crippen LogP contribution < -0.4 is 30.7 Å². The van der Waals surface area contributed by atoms with Crippen molar-refractivity contribution in [2.45, 2.75) is 157 Å². The summed E-state index contributed by atoms with van der Waals surface area (Å²) in [5.41, 5.74) is 1.52. The number of benzene rings is 2. The highest BCUT2D eigenvalue weighted by atomic mass is 16.5. The molecule has 1 unspecified atom stereocenters. The van der Waals surface area contributed by atoms with Crippen molar-refractivity contribution in [1.82, 2.24) is 10.6 Å². The summed E-state index contributed by atoms with van der Waals surface area (Å²) in [6.07, 6.45) is 19.8. The summed E-state index contributed by atoms with van der Waals surface area (Å²) in [5, 5.41) is 11.5. The second kappa shape index (κ2) is 29.2. The van der Waals surface area contributed by atoms with Gasteiger partial charge in [0.05, 0.1) is 30.9 Å². The number of nitrogens with one attached hydrogen (secondary N) is 4. The topological polar surface area (TPSA) is 135 Å². The van der Waals surface area contributed by atoms with Gasteiger partial charge in [0.2, 0.25) is 11.8 Å². The second-order valence-electron chi connectivity index (χ2n) is 14.7. The Balaban J connectivity index is 2.13. The van der Waals surface area contributed by atoms with Crippen molar-refractivity contribution < 1.29 is 28.7 Å². The first-order chi connectivity index (χ1) is 26.8. The van der Waals surface area contributed by atoms with E-state index in [1.807, 2.05) is 6.92 Å². The number of ether oxygens (including phenoxy) is 2. The number of anilines is 2. The number of carbonyl (C=O) groups excluding carboxylic acids is 4. The molecule has 2 aromatic rings. The normalized spacial score (nSPS) is 11.4. The van der Waals surface area contributed by atoms with Crippen molar-refractivity contribution in [2.24, 2.45) is 5.92 Å². The number of hydrogen-bond donors (Lipinski definition) is 4. The monoisotopic (exact) mass is 765 g/mol. The number of unbranched alkanes of at least 4 members (excludes halogenated alkanes) is 12. The molecule has 2 rings (SSSR count). The summed E-state index contributed by atoms with van der Waals surface area (Å²) in [7, 11) is 0. The van der Waals surface area contributed by atoms with Crippen LogP contribution in [0.4, 0.5) is 11.4 Å². The Morgan fingerprint density at radius 1 is 0.545 bits per heavy atom. The van der Waals surface area contributed by atoms with Crippen LogP contribution in [0.3, 0.4) is 0 Å². The molecule has 0 fully saturated rings. The van der Waals surface area contributed by atoms with E-state index in [1.165, 1.54) is 38.5 Å². The van der Waals surface area contributed by atoms with Crippen LogP contribution in [0, 0.1) is 5.92 Å². The van der Waals surface area contributed by atoms with Gasteiger partial charge in [0.15, 0.2) is 0 Å². The molecule has 1 atom stereocenters. The van der Waals surface area contributed by atoms with Crippen molar-refractivity contribution >= 4 is 35.0 Å². The maximum atomic E-state index is 13.5. The van der Waals surface area contributed by atoms with Crippen molar-refractivity contribution in [3.63, 3.8) is 0 Å². The molecule has 0 spiro atoms. The number of amides is 4. The van der Waals surface area contributed by atoms with Crippen molar-refractivity contribution in [3.05, 3.63) is 47.5 Å². The van der Waals surface area contributed by atoms with Gasteiger partial charge in [0.25, 0.3) is 11.8 Å². The third-order valence-electron chi connectivity index (χ3n) is 9.79. The fourth-order valence-corrected chi connectivity index (χ4v) is 6.25. The van der Waals surface area contributed by atoms with Crippen LogP contribution in [0.25, 0.3) is 0 Å². The molecule has 4 amide bonds. The lowest BCUT2D eigenvalue weighted by atomic mass is 9.99. The van der Waals surface area contributed by atoms with Gasteiger partial charge in [-0.3, -0.25) is 19.2 Å². The Hall–Kier alpha value is -4.08. The van der Waals surface area contributed by atoms with E-state index >= 15 is 0 Å². The summed E-state index contributed by atoms with van der Waals surface area (Å²) >= 11 is 0. The molecule has 4 N–H and O–H groups in total. The summed E-state index contributed by atoms with van der Waals surface area (Å²) in [6.45, 7) is 12.0. The predicted molar refractivity (Wildman–Crippen MR) is 225 cm³/mol. The van der Waals surface area contributed by atoms with Gasteiger partial charge < -0.3 is 30.7 Å². The highest BCUT2D eigenvalue weighted by Gasteiger charge is 2.19. The van der Waals surface area contributed by atoms with Crippen LogP contribution in [0.15, 0.2) is 36.4 Å². The van der Waals surface area contributed by atoms with Crippen LogP contribution in [0.5, 0.6) is 11.5 Å². The first-order valence-corrected chi connectivity index (χ1v) is 21.5. The maximum absolute atomic E-state index is 13.5. The SMILES string of the molecule is CCCCCCCCOc1ccc(NC(=O)CCCC)cc1C(=O)NCC(=O)Nc1ccc(OCCCCCCCC)c(C(=O)NCC(CC)CCCC)c1. The summed E-state index contributed by atoms with van der Waals surface area (Å²) in [6, 6.07) is 10.1. The van der Waals surface area contributed by atoms with Gasteiger partial charge in [0.1, 0.15) is 11.5 Å². The Morgan fingerprint density at radius 2 is 1.02 bits per heavy atom. The highest BCUT2D eigenvalue weighted by molar-refractivity contribution is 6.03. The highest BCUT2D eigenvalue weighted by Crippen LogP contribution is 2.26. The van der Waals surface area contributed by atoms with Gasteiger partial charge in [0, 0.05) is 24.3 Å². The fourth-order valence-electron chi connectivity index (χ4n) is 6.25. The van der Waals surface area contributed by atoms with E-state index in [2.05, 4.69) is 49.0 Å². The summed E-state index contributed by atoms with van der Waals surface area (Å²) in [4.78, 5) is 52.6. The number of hydrogen-bond acceptors (Lipinski definition) is 6. The molecule has 308 valence electrons. The maximum Gasteiger partial charge on any atom is 0.255 e. The lowest BCUT2D eigenvalue weighted by molar-refractivity contribution is -0.116. The third kappa shape index (κ3) is 19.9. The Kier molecular flexibility index (Phi) is 25.0. The molecule has 0 saturated carbocycles. The van der Waals surface area contributed by atoms with Crippen LogP contribution in [0.2, 0.25) is 0 Å². The standard InChI is InChI=1S/C45H72N4O6/c1-6-11-15-17-19-21-29-54-40-28-26-37(32-38(40)44(52)46-33-35(10-5)23-13-8-3)49-43(51)34-47-45(53)39-31-36(48-42(50)24-14-9-4)25-27-41(39)55-30-22-20-18-16-12-7-2/h25-28,31-32,35H,6-24,29-30,33-34H2,1-5H3,(H,46,52)(H,47,53)(H,48,50)(H,49,51). The Morgan fingerprint density at radius 3 is 1.53 bits per heavy atom. The molecule has 0 aliphatic rings. The molecular weight excluding hydrogens is 693 g/mol. The van der Waals surface area contributed by atoms with E-state index in [9.17, 15) is 19.2 Å². The largest absolute Gasteiger partial charge is 0.493 e. The molecule has 10 heteroatoms. The fraction of sp³-hybridized carbons (Fsp3) is 0.644.